The van der Waals surface area contributed by atoms with E-state index in [1.807, 2.05) is 35.6 Å². The molecule has 0 radical (unpaired) electrons. The van der Waals surface area contributed by atoms with Gasteiger partial charge in [0.2, 0.25) is 0 Å². The van der Waals surface area contributed by atoms with Crippen molar-refractivity contribution in [1.82, 2.24) is 9.88 Å². The molecule has 0 bridgehead atoms. The van der Waals surface area contributed by atoms with Crippen LogP contribution in [0.15, 0.2) is 53.9 Å². The SMILES string of the molecule is OC(COc1cccc2[nH]c3ccccc3c12)CN1CCc2sccc2C1. The Balaban J connectivity index is 1.29. The molecule has 0 saturated carbocycles. The van der Waals surface area contributed by atoms with Crippen molar-refractivity contribution in [2.45, 2.75) is 19.1 Å². The Labute approximate surface area is 162 Å². The summed E-state index contributed by atoms with van der Waals surface area (Å²) in [6, 6.07) is 16.5. The summed E-state index contributed by atoms with van der Waals surface area (Å²) in [5.41, 5.74) is 3.57. The number of ether oxygens (including phenoxy) is 1. The Morgan fingerprint density at radius 3 is 2.96 bits per heavy atom. The van der Waals surface area contributed by atoms with Crippen LogP contribution in [0.25, 0.3) is 21.8 Å². The third-order valence-electron chi connectivity index (χ3n) is 5.28. The van der Waals surface area contributed by atoms with E-state index in [4.69, 9.17) is 4.74 Å². The van der Waals surface area contributed by atoms with Crippen molar-refractivity contribution in [3.05, 3.63) is 64.4 Å². The first-order valence-corrected chi connectivity index (χ1v) is 10.2. The summed E-state index contributed by atoms with van der Waals surface area (Å²) < 4.78 is 6.05. The molecule has 2 aromatic carbocycles. The fourth-order valence-electron chi connectivity index (χ4n) is 3.99. The molecule has 1 atom stereocenters. The molecule has 1 aliphatic rings. The molecule has 2 aromatic heterocycles. The molecule has 2 N–H and O–H groups in total. The fourth-order valence-corrected chi connectivity index (χ4v) is 4.88. The van der Waals surface area contributed by atoms with Gasteiger partial charge in [-0.15, -0.1) is 11.3 Å². The minimum absolute atomic E-state index is 0.297. The summed E-state index contributed by atoms with van der Waals surface area (Å²) in [5.74, 6) is 0.822. The summed E-state index contributed by atoms with van der Waals surface area (Å²) >= 11 is 1.84. The fraction of sp³-hybridized carbons (Fsp3) is 0.273. The second-order valence-electron chi connectivity index (χ2n) is 7.17. The van der Waals surface area contributed by atoms with E-state index in [0.29, 0.717) is 13.2 Å². The number of benzene rings is 2. The van der Waals surface area contributed by atoms with Gasteiger partial charge >= 0.3 is 0 Å². The maximum Gasteiger partial charge on any atom is 0.129 e. The van der Waals surface area contributed by atoms with Gasteiger partial charge < -0.3 is 14.8 Å². The van der Waals surface area contributed by atoms with Crippen LogP contribution < -0.4 is 4.74 Å². The van der Waals surface area contributed by atoms with Gasteiger partial charge in [-0.05, 0) is 41.6 Å². The predicted octanol–water partition coefficient (Wildman–Crippen LogP) is 4.18. The zero-order valence-electron chi connectivity index (χ0n) is 15.0. The summed E-state index contributed by atoms with van der Waals surface area (Å²) in [5, 5.41) is 14.9. The number of para-hydroxylation sites is 1. The highest BCUT2D eigenvalue weighted by Crippen LogP contribution is 2.33. The average Bonchev–Trinajstić information content (AvgIpc) is 3.30. The van der Waals surface area contributed by atoms with E-state index < -0.39 is 6.10 Å². The highest BCUT2D eigenvalue weighted by atomic mass is 32.1. The molecule has 27 heavy (non-hydrogen) atoms. The van der Waals surface area contributed by atoms with Crippen molar-refractivity contribution < 1.29 is 9.84 Å². The van der Waals surface area contributed by atoms with Crippen LogP contribution in [-0.4, -0.2) is 40.8 Å². The van der Waals surface area contributed by atoms with Crippen LogP contribution in [0.4, 0.5) is 0 Å². The number of hydrogen-bond donors (Lipinski definition) is 2. The number of aliphatic hydroxyl groups excluding tert-OH is 1. The van der Waals surface area contributed by atoms with E-state index in [9.17, 15) is 5.11 Å². The first-order chi connectivity index (χ1) is 13.3. The molecule has 3 heterocycles. The van der Waals surface area contributed by atoms with Gasteiger partial charge in [-0.3, -0.25) is 4.90 Å². The van der Waals surface area contributed by atoms with E-state index >= 15 is 0 Å². The minimum atomic E-state index is -0.509. The summed E-state index contributed by atoms with van der Waals surface area (Å²) in [7, 11) is 0. The Kier molecular flexibility index (Phi) is 4.36. The number of rotatable bonds is 5. The van der Waals surface area contributed by atoms with Crippen LogP contribution >= 0.6 is 11.3 Å². The lowest BCUT2D eigenvalue weighted by Crippen LogP contribution is -2.38. The van der Waals surface area contributed by atoms with Crippen molar-refractivity contribution in [2.75, 3.05) is 19.7 Å². The molecule has 1 aliphatic heterocycles. The minimum Gasteiger partial charge on any atom is -0.490 e. The van der Waals surface area contributed by atoms with Crippen LogP contribution in [-0.2, 0) is 13.0 Å². The van der Waals surface area contributed by atoms with Gasteiger partial charge in [0.1, 0.15) is 18.5 Å². The van der Waals surface area contributed by atoms with Crippen LogP contribution in [0.1, 0.15) is 10.4 Å². The molecule has 4 aromatic rings. The predicted molar refractivity (Wildman–Crippen MR) is 111 cm³/mol. The maximum atomic E-state index is 10.5. The quantitative estimate of drug-likeness (QED) is 0.548. The molecule has 4 nitrogen and oxygen atoms in total. The van der Waals surface area contributed by atoms with Crippen molar-refractivity contribution in [1.29, 1.82) is 0 Å². The lowest BCUT2D eigenvalue weighted by Gasteiger charge is -2.28. The highest BCUT2D eigenvalue weighted by molar-refractivity contribution is 7.10. The number of aromatic amines is 1. The third-order valence-corrected chi connectivity index (χ3v) is 6.30. The molecule has 5 heteroatoms. The van der Waals surface area contributed by atoms with E-state index in [0.717, 1.165) is 47.1 Å². The summed E-state index contributed by atoms with van der Waals surface area (Å²) in [4.78, 5) is 7.23. The van der Waals surface area contributed by atoms with Crippen molar-refractivity contribution in [3.63, 3.8) is 0 Å². The van der Waals surface area contributed by atoms with E-state index in [-0.39, 0.29) is 0 Å². The lowest BCUT2D eigenvalue weighted by molar-refractivity contribution is 0.0645. The molecule has 0 spiro atoms. The van der Waals surface area contributed by atoms with Crippen LogP contribution in [0.5, 0.6) is 5.75 Å². The van der Waals surface area contributed by atoms with Gasteiger partial charge in [0, 0.05) is 40.8 Å². The van der Waals surface area contributed by atoms with E-state index in [1.54, 1.807) is 0 Å². The normalized spacial score (nSPS) is 15.9. The van der Waals surface area contributed by atoms with E-state index in [2.05, 4.69) is 39.5 Å². The van der Waals surface area contributed by atoms with Gasteiger partial charge in [-0.25, -0.2) is 0 Å². The Morgan fingerprint density at radius 1 is 1.11 bits per heavy atom. The standard InChI is InChI=1S/C22H22N2O2S/c25-16(13-24-10-8-21-15(12-24)9-11-27-21)14-26-20-7-3-6-19-22(20)17-4-1-2-5-18(17)23-19/h1-7,9,11,16,23,25H,8,10,12-14H2. The van der Waals surface area contributed by atoms with E-state index in [1.165, 1.54) is 10.4 Å². The summed E-state index contributed by atoms with van der Waals surface area (Å²) in [6.45, 7) is 2.86. The van der Waals surface area contributed by atoms with Crippen LogP contribution in [0, 0.1) is 0 Å². The Morgan fingerprint density at radius 2 is 2.00 bits per heavy atom. The second kappa shape index (κ2) is 7.00. The first-order valence-electron chi connectivity index (χ1n) is 9.36. The number of aliphatic hydroxyl groups is 1. The van der Waals surface area contributed by atoms with Gasteiger partial charge in [-0.2, -0.15) is 0 Å². The maximum absolute atomic E-state index is 10.5. The monoisotopic (exact) mass is 378 g/mol. The topological polar surface area (TPSA) is 48.5 Å². The van der Waals surface area contributed by atoms with Crippen LogP contribution in [0.3, 0.4) is 0 Å². The van der Waals surface area contributed by atoms with Crippen LogP contribution in [0.2, 0.25) is 0 Å². The molecular formula is C22H22N2O2S. The molecule has 0 saturated heterocycles. The molecule has 5 rings (SSSR count). The number of aromatic nitrogens is 1. The zero-order valence-corrected chi connectivity index (χ0v) is 15.8. The van der Waals surface area contributed by atoms with Gasteiger partial charge in [0.05, 0.1) is 5.52 Å². The van der Waals surface area contributed by atoms with Gasteiger partial charge in [0.15, 0.2) is 0 Å². The second-order valence-corrected chi connectivity index (χ2v) is 8.17. The smallest absolute Gasteiger partial charge is 0.129 e. The third kappa shape index (κ3) is 3.23. The Bertz CT molecular complexity index is 1080. The highest BCUT2D eigenvalue weighted by Gasteiger charge is 2.20. The number of nitrogens with zero attached hydrogens (tertiary/aromatic N) is 1. The number of fused-ring (bicyclic) bond motifs is 4. The van der Waals surface area contributed by atoms with Crippen molar-refractivity contribution in [2.24, 2.45) is 0 Å². The molecule has 138 valence electrons. The first kappa shape index (κ1) is 16.8. The Hall–Kier alpha value is -2.34. The molecule has 0 amide bonds. The van der Waals surface area contributed by atoms with Crippen molar-refractivity contribution in [3.8, 4) is 5.75 Å². The molecule has 0 fully saturated rings. The average molecular weight is 378 g/mol. The van der Waals surface area contributed by atoms with Gasteiger partial charge in [0.25, 0.3) is 0 Å². The summed E-state index contributed by atoms with van der Waals surface area (Å²) in [6.07, 6.45) is 0.570. The number of thiophene rings is 1. The number of hydrogen-bond acceptors (Lipinski definition) is 4. The number of β-amino-alcohol motifs (C(OH)–C–C–N with tert-alkyl or cyclic N) is 1. The zero-order chi connectivity index (χ0) is 18.2. The van der Waals surface area contributed by atoms with Gasteiger partial charge in [-0.1, -0.05) is 24.3 Å². The largest absolute Gasteiger partial charge is 0.490 e. The molecule has 0 aliphatic carbocycles. The lowest BCUT2D eigenvalue weighted by atomic mass is 10.1. The number of nitrogens with one attached hydrogen (secondary N) is 1. The molecule has 1 unspecified atom stereocenters. The van der Waals surface area contributed by atoms with Crippen molar-refractivity contribution >= 4 is 33.1 Å². The molecular weight excluding hydrogens is 356 g/mol. The number of H-pyrrole nitrogens is 1.